The van der Waals surface area contributed by atoms with Gasteiger partial charge in [-0.25, -0.2) is 0 Å². The Hall–Kier alpha value is -1.39. The zero-order valence-electron chi connectivity index (χ0n) is 14.0. The van der Waals surface area contributed by atoms with Crippen LogP contribution >= 0.6 is 0 Å². The van der Waals surface area contributed by atoms with Crippen LogP contribution in [0.15, 0.2) is 18.2 Å². The third-order valence-corrected chi connectivity index (χ3v) is 5.19. The van der Waals surface area contributed by atoms with E-state index in [1.165, 1.54) is 18.4 Å². The van der Waals surface area contributed by atoms with Crippen molar-refractivity contribution in [2.24, 2.45) is 0 Å². The van der Waals surface area contributed by atoms with Gasteiger partial charge < -0.3 is 15.4 Å². The van der Waals surface area contributed by atoms with Crippen LogP contribution in [0.4, 0.5) is 5.69 Å². The molecule has 1 aliphatic carbocycles. The smallest absolute Gasteiger partial charge is 0.234 e. The van der Waals surface area contributed by atoms with E-state index in [1.54, 1.807) is 7.11 Å². The molecule has 4 nitrogen and oxygen atoms in total. The second-order valence-electron chi connectivity index (χ2n) is 7.27. The highest BCUT2D eigenvalue weighted by atomic mass is 16.5. The largest absolute Gasteiger partial charge is 0.385 e. The van der Waals surface area contributed by atoms with E-state index in [0.717, 1.165) is 24.3 Å². The number of benzene rings is 1. The molecular formula is C18H26N2O2. The van der Waals surface area contributed by atoms with Gasteiger partial charge in [0, 0.05) is 31.0 Å². The van der Waals surface area contributed by atoms with Crippen molar-refractivity contribution in [1.29, 1.82) is 0 Å². The molecule has 1 aromatic rings. The van der Waals surface area contributed by atoms with Gasteiger partial charge in [0.25, 0.3) is 0 Å². The lowest BCUT2D eigenvalue weighted by atomic mass is 9.85. The van der Waals surface area contributed by atoms with Crippen LogP contribution in [0.5, 0.6) is 0 Å². The molecular weight excluding hydrogens is 276 g/mol. The van der Waals surface area contributed by atoms with Crippen LogP contribution in [0.25, 0.3) is 0 Å². The average Bonchev–Trinajstić information content (AvgIpc) is 3.20. The molecule has 2 N–H and O–H groups in total. The summed E-state index contributed by atoms with van der Waals surface area (Å²) in [5.74, 6) is 0.0824. The van der Waals surface area contributed by atoms with Gasteiger partial charge in [0.1, 0.15) is 0 Å². The number of carbonyl (C=O) groups excluding carboxylic acids is 1. The Labute approximate surface area is 132 Å². The van der Waals surface area contributed by atoms with Gasteiger partial charge in [-0.2, -0.15) is 0 Å². The predicted octanol–water partition coefficient (Wildman–Crippen LogP) is 3.14. The van der Waals surface area contributed by atoms with Crippen LogP contribution in [0.1, 0.15) is 57.2 Å². The maximum absolute atomic E-state index is 12.1. The Morgan fingerprint density at radius 3 is 2.73 bits per heavy atom. The zero-order valence-corrected chi connectivity index (χ0v) is 14.0. The van der Waals surface area contributed by atoms with E-state index >= 15 is 0 Å². The van der Waals surface area contributed by atoms with Crippen molar-refractivity contribution < 1.29 is 9.53 Å². The van der Waals surface area contributed by atoms with E-state index in [0.29, 0.717) is 0 Å². The molecule has 1 amide bonds. The molecule has 1 atom stereocenters. The molecule has 0 aromatic heterocycles. The molecule has 1 aromatic carbocycles. The summed E-state index contributed by atoms with van der Waals surface area (Å²) in [6.45, 7) is 6.97. The first-order valence-corrected chi connectivity index (χ1v) is 8.10. The summed E-state index contributed by atoms with van der Waals surface area (Å²) in [5.41, 5.74) is 3.10. The third-order valence-electron chi connectivity index (χ3n) is 5.19. The van der Waals surface area contributed by atoms with Crippen molar-refractivity contribution in [1.82, 2.24) is 5.32 Å². The van der Waals surface area contributed by atoms with E-state index in [9.17, 15) is 4.79 Å². The van der Waals surface area contributed by atoms with Crippen LogP contribution in [-0.2, 0) is 14.9 Å². The second-order valence-corrected chi connectivity index (χ2v) is 7.27. The lowest BCUT2D eigenvalue weighted by Gasteiger charge is -2.24. The predicted molar refractivity (Wildman–Crippen MR) is 88.1 cm³/mol. The number of nitrogens with one attached hydrogen (secondary N) is 2. The van der Waals surface area contributed by atoms with Crippen molar-refractivity contribution in [2.45, 2.75) is 57.0 Å². The Kier molecular flexibility index (Phi) is 3.77. The van der Waals surface area contributed by atoms with Gasteiger partial charge in [0.15, 0.2) is 0 Å². The summed E-state index contributed by atoms with van der Waals surface area (Å²) in [7, 11) is 1.76. The molecule has 4 heteroatoms. The summed E-state index contributed by atoms with van der Waals surface area (Å²) in [5, 5.41) is 6.73. The van der Waals surface area contributed by atoms with E-state index in [1.807, 2.05) is 19.9 Å². The number of methoxy groups -OCH3 is 1. The van der Waals surface area contributed by atoms with Crippen molar-refractivity contribution in [3.05, 3.63) is 29.3 Å². The topological polar surface area (TPSA) is 50.4 Å². The van der Waals surface area contributed by atoms with Gasteiger partial charge in [-0.15, -0.1) is 0 Å². The first-order valence-electron chi connectivity index (χ1n) is 8.10. The number of anilines is 1. The molecule has 0 spiro atoms. The maximum Gasteiger partial charge on any atom is 0.234 e. The van der Waals surface area contributed by atoms with E-state index in [-0.39, 0.29) is 17.5 Å². The molecule has 1 heterocycles. The van der Waals surface area contributed by atoms with Gasteiger partial charge >= 0.3 is 0 Å². The Morgan fingerprint density at radius 1 is 1.36 bits per heavy atom. The minimum absolute atomic E-state index is 0.0824. The molecule has 1 saturated carbocycles. The molecule has 1 unspecified atom stereocenters. The molecule has 1 fully saturated rings. The summed E-state index contributed by atoms with van der Waals surface area (Å²) in [6.07, 6.45) is 3.50. The van der Waals surface area contributed by atoms with Gasteiger partial charge in [0.2, 0.25) is 5.91 Å². The van der Waals surface area contributed by atoms with Gasteiger partial charge in [0.05, 0.1) is 5.41 Å². The highest BCUT2D eigenvalue weighted by Crippen LogP contribution is 2.42. The fraction of sp³-hybridized carbons (Fsp3) is 0.611. The third kappa shape index (κ3) is 2.66. The second kappa shape index (κ2) is 5.36. The average molecular weight is 302 g/mol. The normalized spacial score (nSPS) is 22.1. The number of hydrogen-bond donors (Lipinski definition) is 2. The molecule has 3 rings (SSSR count). The Balaban J connectivity index is 1.76. The maximum atomic E-state index is 12.1. The van der Waals surface area contributed by atoms with Crippen molar-refractivity contribution in [2.75, 3.05) is 19.0 Å². The molecule has 0 radical (unpaired) electrons. The van der Waals surface area contributed by atoms with Crippen LogP contribution in [0, 0.1) is 0 Å². The Bertz CT molecular complexity index is 591. The molecule has 22 heavy (non-hydrogen) atoms. The van der Waals surface area contributed by atoms with Gasteiger partial charge in [-0.1, -0.05) is 12.1 Å². The highest BCUT2D eigenvalue weighted by molar-refractivity contribution is 6.05. The van der Waals surface area contributed by atoms with Crippen molar-refractivity contribution in [3.8, 4) is 0 Å². The summed E-state index contributed by atoms with van der Waals surface area (Å²) >= 11 is 0. The molecule has 120 valence electrons. The van der Waals surface area contributed by atoms with Crippen molar-refractivity contribution in [3.63, 3.8) is 0 Å². The van der Waals surface area contributed by atoms with Crippen LogP contribution in [0.2, 0.25) is 0 Å². The molecule has 0 bridgehead atoms. The number of fused-ring (bicyclic) bond motifs is 1. The number of hydrogen-bond acceptors (Lipinski definition) is 3. The van der Waals surface area contributed by atoms with Crippen LogP contribution in [-0.4, -0.2) is 25.2 Å². The van der Waals surface area contributed by atoms with Crippen LogP contribution in [0.3, 0.4) is 0 Å². The fourth-order valence-corrected chi connectivity index (χ4v) is 3.32. The summed E-state index contributed by atoms with van der Waals surface area (Å²) < 4.78 is 5.22. The quantitative estimate of drug-likeness (QED) is 0.849. The number of rotatable bonds is 6. The van der Waals surface area contributed by atoms with Gasteiger partial charge in [-0.3, -0.25) is 4.79 Å². The van der Waals surface area contributed by atoms with E-state index < -0.39 is 5.41 Å². The summed E-state index contributed by atoms with van der Waals surface area (Å²) in [4.78, 5) is 12.1. The lowest BCUT2D eigenvalue weighted by Crippen LogP contribution is -2.34. The Morgan fingerprint density at radius 2 is 2.09 bits per heavy atom. The van der Waals surface area contributed by atoms with E-state index in [4.69, 9.17) is 4.74 Å². The number of carbonyl (C=O) groups is 1. The number of ether oxygens (including phenoxy) is 1. The van der Waals surface area contributed by atoms with Crippen LogP contribution < -0.4 is 10.6 Å². The minimum Gasteiger partial charge on any atom is -0.385 e. The lowest BCUT2D eigenvalue weighted by molar-refractivity contribution is -0.119. The standard InChI is InChI=1S/C18H26N2O2/c1-12(20-18(7-8-18)9-10-22-4)13-5-6-15-14(11-13)17(2,3)16(21)19-15/h5-6,11-12,20H,7-10H2,1-4H3,(H,19,21). The molecule has 2 aliphatic rings. The number of amides is 1. The van der Waals surface area contributed by atoms with E-state index in [2.05, 4.69) is 29.7 Å². The fourth-order valence-electron chi connectivity index (χ4n) is 3.32. The first kappa shape index (κ1) is 15.5. The monoisotopic (exact) mass is 302 g/mol. The molecule has 0 saturated heterocycles. The highest BCUT2D eigenvalue weighted by Gasteiger charge is 2.43. The minimum atomic E-state index is -0.446. The molecule has 1 aliphatic heterocycles. The van der Waals surface area contributed by atoms with Crippen molar-refractivity contribution >= 4 is 11.6 Å². The SMILES string of the molecule is COCCC1(NC(C)c2ccc3c(c2)C(C)(C)C(=O)N3)CC1. The first-order chi connectivity index (χ1) is 10.4. The van der Waals surface area contributed by atoms with Gasteiger partial charge in [-0.05, 0) is 57.2 Å². The summed E-state index contributed by atoms with van der Waals surface area (Å²) in [6, 6.07) is 6.60. The zero-order chi connectivity index (χ0) is 16.0.